The molecule has 0 fully saturated rings. The predicted molar refractivity (Wildman–Crippen MR) is 169 cm³/mol. The molecule has 0 aliphatic carbocycles. The molecule has 220 valence electrons. The Hall–Kier alpha value is -4.97. The minimum absolute atomic E-state index is 0.0361. The van der Waals surface area contributed by atoms with E-state index in [1.807, 2.05) is 85.1 Å². The number of thioether (sulfide) groups is 1. The van der Waals surface area contributed by atoms with E-state index >= 15 is 0 Å². The molecule has 0 saturated heterocycles. The predicted octanol–water partition coefficient (Wildman–Crippen LogP) is 4.04. The van der Waals surface area contributed by atoms with Gasteiger partial charge in [-0.25, -0.2) is 4.79 Å². The molecule has 43 heavy (non-hydrogen) atoms. The van der Waals surface area contributed by atoms with Gasteiger partial charge in [0.25, 0.3) is 5.56 Å². The first-order valence-corrected chi connectivity index (χ1v) is 14.9. The molecule has 3 heterocycles. The SMILES string of the molecule is CCCCN(C(=O)CSc1nnc(-c2cccnc2)n1-c1ccccc1C)c1c(N)n(Cc2ccccc2)c(=O)[nH]c1=O. The highest BCUT2D eigenvalue weighted by atomic mass is 32.2. The summed E-state index contributed by atoms with van der Waals surface area (Å²) in [5.74, 6) is 0.142. The maximum absolute atomic E-state index is 13.8. The van der Waals surface area contributed by atoms with Crippen LogP contribution in [-0.2, 0) is 11.3 Å². The molecule has 0 saturated carbocycles. The molecule has 0 atom stereocenters. The number of carbonyl (C=O) groups excluding carboxylic acids is 1. The topological polar surface area (TPSA) is 145 Å². The molecule has 2 aromatic carbocycles. The van der Waals surface area contributed by atoms with Crippen LogP contribution in [0.3, 0.4) is 0 Å². The van der Waals surface area contributed by atoms with Gasteiger partial charge in [-0.15, -0.1) is 10.2 Å². The summed E-state index contributed by atoms with van der Waals surface area (Å²) in [6, 6.07) is 20.9. The molecular formula is C31H32N8O3S. The van der Waals surface area contributed by atoms with Crippen LogP contribution >= 0.6 is 11.8 Å². The summed E-state index contributed by atoms with van der Waals surface area (Å²) in [7, 11) is 0. The van der Waals surface area contributed by atoms with Crippen LogP contribution in [-0.4, -0.2) is 47.5 Å². The summed E-state index contributed by atoms with van der Waals surface area (Å²) in [6.45, 7) is 4.40. The van der Waals surface area contributed by atoms with E-state index in [-0.39, 0.29) is 36.3 Å². The number of anilines is 2. The largest absolute Gasteiger partial charge is 0.383 e. The van der Waals surface area contributed by atoms with Gasteiger partial charge in [0.1, 0.15) is 5.82 Å². The maximum atomic E-state index is 13.8. The van der Waals surface area contributed by atoms with Gasteiger partial charge in [-0.2, -0.15) is 0 Å². The standard InChI is InChI=1S/C31H32N8O3S/c1-3-4-17-37(26-27(32)38(30(42)34-29(26)41)19-22-12-6-5-7-13-22)25(40)20-43-31-36-35-28(23-14-10-16-33-18-23)39(31)24-15-9-8-11-21(24)2/h5-16,18H,3-4,17,19-20,32H2,1-2H3,(H,34,41,42). The summed E-state index contributed by atoms with van der Waals surface area (Å²) in [4.78, 5) is 47.6. The third kappa shape index (κ3) is 6.44. The van der Waals surface area contributed by atoms with Gasteiger partial charge in [0, 0.05) is 24.5 Å². The number of carbonyl (C=O) groups is 1. The van der Waals surface area contributed by atoms with Crippen molar-refractivity contribution in [1.29, 1.82) is 0 Å². The molecule has 3 N–H and O–H groups in total. The number of H-pyrrole nitrogens is 1. The van der Waals surface area contributed by atoms with Gasteiger partial charge in [-0.05, 0) is 42.7 Å². The zero-order valence-electron chi connectivity index (χ0n) is 23.9. The molecule has 12 heteroatoms. The number of amides is 1. The van der Waals surface area contributed by atoms with Crippen molar-refractivity contribution in [1.82, 2.24) is 29.3 Å². The molecule has 5 aromatic rings. The number of nitrogen functional groups attached to an aromatic ring is 1. The van der Waals surface area contributed by atoms with E-state index in [1.54, 1.807) is 12.4 Å². The number of hydrogen-bond donors (Lipinski definition) is 2. The number of nitrogens with one attached hydrogen (secondary N) is 1. The number of pyridine rings is 1. The number of benzene rings is 2. The highest BCUT2D eigenvalue weighted by Crippen LogP contribution is 2.30. The van der Waals surface area contributed by atoms with E-state index < -0.39 is 11.2 Å². The van der Waals surface area contributed by atoms with Crippen LogP contribution < -0.4 is 21.9 Å². The first-order valence-electron chi connectivity index (χ1n) is 13.9. The molecule has 1 amide bonds. The summed E-state index contributed by atoms with van der Waals surface area (Å²) >= 11 is 1.21. The fraction of sp³-hybridized carbons (Fsp3) is 0.226. The lowest BCUT2D eigenvalue weighted by Crippen LogP contribution is -2.42. The van der Waals surface area contributed by atoms with Crippen molar-refractivity contribution >= 4 is 29.2 Å². The van der Waals surface area contributed by atoms with E-state index in [4.69, 9.17) is 5.73 Å². The lowest BCUT2D eigenvalue weighted by Gasteiger charge is -2.24. The van der Waals surface area contributed by atoms with Crippen LogP contribution in [0.25, 0.3) is 17.1 Å². The second-order valence-electron chi connectivity index (χ2n) is 9.92. The monoisotopic (exact) mass is 596 g/mol. The van der Waals surface area contributed by atoms with Crippen molar-refractivity contribution in [2.75, 3.05) is 22.9 Å². The highest BCUT2D eigenvalue weighted by molar-refractivity contribution is 7.99. The van der Waals surface area contributed by atoms with Crippen LogP contribution in [0.15, 0.2) is 93.9 Å². The minimum atomic E-state index is -0.705. The Balaban J connectivity index is 1.49. The molecule has 5 rings (SSSR count). The number of hydrogen-bond acceptors (Lipinski definition) is 8. The van der Waals surface area contributed by atoms with Crippen molar-refractivity contribution in [3.8, 4) is 17.1 Å². The number of nitrogens with two attached hydrogens (primary N) is 1. The number of aryl methyl sites for hydroxylation is 1. The molecule has 0 bridgehead atoms. The fourth-order valence-electron chi connectivity index (χ4n) is 4.72. The smallest absolute Gasteiger partial charge is 0.330 e. The van der Waals surface area contributed by atoms with Crippen molar-refractivity contribution in [2.24, 2.45) is 0 Å². The average molecular weight is 597 g/mol. The van der Waals surface area contributed by atoms with Crippen LogP contribution in [0.1, 0.15) is 30.9 Å². The average Bonchev–Trinajstić information content (AvgIpc) is 3.44. The van der Waals surface area contributed by atoms with E-state index in [2.05, 4.69) is 20.2 Å². The van der Waals surface area contributed by atoms with E-state index in [9.17, 15) is 14.4 Å². The van der Waals surface area contributed by atoms with Crippen molar-refractivity contribution in [2.45, 2.75) is 38.4 Å². The molecule has 0 radical (unpaired) electrons. The molecule has 0 aliphatic rings. The van der Waals surface area contributed by atoms with Gasteiger partial charge in [0.05, 0.1) is 18.0 Å². The quantitative estimate of drug-likeness (QED) is 0.217. The third-order valence-corrected chi connectivity index (χ3v) is 7.85. The van der Waals surface area contributed by atoms with Crippen molar-refractivity contribution in [3.63, 3.8) is 0 Å². The van der Waals surface area contributed by atoms with E-state index in [0.29, 0.717) is 17.4 Å². The lowest BCUT2D eigenvalue weighted by molar-refractivity contribution is -0.116. The molecular weight excluding hydrogens is 564 g/mol. The van der Waals surface area contributed by atoms with Crippen molar-refractivity contribution < 1.29 is 4.79 Å². The first-order chi connectivity index (χ1) is 20.9. The Morgan fingerprint density at radius 2 is 1.79 bits per heavy atom. The normalized spacial score (nSPS) is 11.0. The van der Waals surface area contributed by atoms with Gasteiger partial charge in [-0.3, -0.25) is 28.7 Å². The van der Waals surface area contributed by atoms with Crippen molar-refractivity contribution in [3.05, 3.63) is 111 Å². The summed E-state index contributed by atoms with van der Waals surface area (Å²) in [5.41, 5.74) is 8.55. The van der Waals surface area contributed by atoms with Crippen LogP contribution in [0.4, 0.5) is 11.5 Å². The second kappa shape index (κ2) is 13.3. The third-order valence-electron chi connectivity index (χ3n) is 6.94. The molecule has 0 spiro atoms. The van der Waals surface area contributed by atoms with Gasteiger partial charge >= 0.3 is 5.69 Å². The zero-order valence-corrected chi connectivity index (χ0v) is 24.8. The number of unbranched alkanes of at least 4 members (excludes halogenated alkanes) is 1. The highest BCUT2D eigenvalue weighted by Gasteiger charge is 2.26. The maximum Gasteiger partial charge on any atom is 0.330 e. The lowest BCUT2D eigenvalue weighted by atomic mass is 10.2. The second-order valence-corrected chi connectivity index (χ2v) is 10.9. The molecule has 3 aromatic heterocycles. The van der Waals surface area contributed by atoms with E-state index in [0.717, 1.165) is 28.8 Å². The molecule has 0 aliphatic heterocycles. The van der Waals surface area contributed by atoms with Crippen LogP contribution in [0, 0.1) is 6.92 Å². The van der Waals surface area contributed by atoms with Gasteiger partial charge in [-0.1, -0.05) is 73.6 Å². The number of nitrogens with zero attached hydrogens (tertiary/aromatic N) is 6. The van der Waals surface area contributed by atoms with Gasteiger partial charge < -0.3 is 10.6 Å². The Labute approximate surface area is 252 Å². The molecule has 11 nitrogen and oxygen atoms in total. The summed E-state index contributed by atoms with van der Waals surface area (Å²) in [5, 5.41) is 9.37. The number of aromatic amines is 1. The number of rotatable bonds is 11. The zero-order chi connectivity index (χ0) is 30.3. The molecule has 0 unspecified atom stereocenters. The Kier molecular flexibility index (Phi) is 9.16. The Morgan fingerprint density at radius 1 is 1.02 bits per heavy atom. The minimum Gasteiger partial charge on any atom is -0.383 e. The fourth-order valence-corrected chi connectivity index (χ4v) is 5.54. The summed E-state index contributed by atoms with van der Waals surface area (Å²) < 4.78 is 3.18. The summed E-state index contributed by atoms with van der Waals surface area (Å²) in [6.07, 6.45) is 4.82. The Bertz CT molecular complexity index is 1830. The van der Waals surface area contributed by atoms with Gasteiger partial charge in [0.2, 0.25) is 5.91 Å². The number of aromatic nitrogens is 6. The Morgan fingerprint density at radius 3 is 2.51 bits per heavy atom. The number of para-hydroxylation sites is 1. The van der Waals surface area contributed by atoms with Gasteiger partial charge in [0.15, 0.2) is 16.7 Å². The van der Waals surface area contributed by atoms with E-state index in [1.165, 1.54) is 21.2 Å². The van der Waals surface area contributed by atoms with Crippen LogP contribution in [0.2, 0.25) is 0 Å². The van der Waals surface area contributed by atoms with Crippen LogP contribution in [0.5, 0.6) is 0 Å². The first kappa shape index (κ1) is 29.5.